The summed E-state index contributed by atoms with van der Waals surface area (Å²) in [5.74, 6) is 0.0535. The zero-order valence-electron chi connectivity index (χ0n) is 17.3. The summed E-state index contributed by atoms with van der Waals surface area (Å²) in [6, 6.07) is 12.3. The highest BCUT2D eigenvalue weighted by Gasteiger charge is 2.32. The average molecular weight is 485 g/mol. The Morgan fingerprint density at radius 3 is 2.71 bits per heavy atom. The van der Waals surface area contributed by atoms with E-state index in [4.69, 9.17) is 27.9 Å². The van der Waals surface area contributed by atoms with Crippen LogP contribution in [0.3, 0.4) is 0 Å². The lowest BCUT2D eigenvalue weighted by atomic mass is 9.99. The number of hydrogen-bond acceptors (Lipinski definition) is 4. The van der Waals surface area contributed by atoms with Crippen LogP contribution in [0.2, 0.25) is 10.0 Å². The summed E-state index contributed by atoms with van der Waals surface area (Å²) in [7, 11) is -3.58. The largest absolute Gasteiger partial charge is 0.494 e. The highest BCUT2D eigenvalue weighted by atomic mass is 35.5. The molecule has 1 saturated heterocycles. The molecule has 6 nitrogen and oxygen atoms in total. The maximum atomic E-state index is 12.9. The maximum Gasteiger partial charge on any atom is 0.224 e. The zero-order chi connectivity index (χ0) is 22.4. The van der Waals surface area contributed by atoms with Gasteiger partial charge in [-0.05, 0) is 55.2 Å². The lowest BCUT2D eigenvalue weighted by Gasteiger charge is -2.31. The van der Waals surface area contributed by atoms with E-state index < -0.39 is 10.0 Å². The summed E-state index contributed by atoms with van der Waals surface area (Å²) in [4.78, 5) is 12.7. The minimum atomic E-state index is -3.58. The van der Waals surface area contributed by atoms with Gasteiger partial charge in [0.1, 0.15) is 5.75 Å². The Morgan fingerprint density at radius 2 is 1.97 bits per heavy atom. The van der Waals surface area contributed by atoms with Crippen molar-refractivity contribution in [1.29, 1.82) is 0 Å². The second kappa shape index (κ2) is 10.7. The molecule has 1 aliphatic heterocycles. The van der Waals surface area contributed by atoms with Gasteiger partial charge in [0.2, 0.25) is 15.9 Å². The molecule has 1 fully saturated rings. The van der Waals surface area contributed by atoms with Crippen molar-refractivity contribution < 1.29 is 17.9 Å². The monoisotopic (exact) mass is 484 g/mol. The van der Waals surface area contributed by atoms with Gasteiger partial charge in [-0.1, -0.05) is 41.4 Å². The normalized spacial score (nSPS) is 17.3. The number of nitrogens with zero attached hydrogens (tertiary/aromatic N) is 1. The molecule has 1 unspecified atom stereocenters. The lowest BCUT2D eigenvalue weighted by Crippen LogP contribution is -2.45. The first-order valence-electron chi connectivity index (χ1n) is 10.2. The standard InChI is InChI=1S/C22H26Cl2N2O4S/c1-2-30-19-7-3-5-16(11-19)13-25-22(27)18-6-4-10-26(14-18)31(28,29)15-17-8-9-20(23)21(24)12-17/h3,5,7-9,11-12,18H,2,4,6,10,13-15H2,1H3,(H,25,27). The number of hydrogen-bond donors (Lipinski definition) is 1. The molecule has 1 heterocycles. The first-order valence-corrected chi connectivity index (χ1v) is 12.6. The fourth-order valence-electron chi connectivity index (χ4n) is 3.59. The number of ether oxygens (including phenoxy) is 1. The number of carbonyl (C=O) groups is 1. The van der Waals surface area contributed by atoms with Crippen LogP contribution in [-0.4, -0.2) is 38.3 Å². The topological polar surface area (TPSA) is 75.7 Å². The molecule has 0 aromatic heterocycles. The SMILES string of the molecule is CCOc1cccc(CNC(=O)C2CCCN(S(=O)(=O)Cc3ccc(Cl)c(Cl)c3)C2)c1. The van der Waals surface area contributed by atoms with Gasteiger partial charge in [0, 0.05) is 19.6 Å². The zero-order valence-corrected chi connectivity index (χ0v) is 19.6. The van der Waals surface area contributed by atoms with Gasteiger partial charge in [-0.25, -0.2) is 12.7 Å². The van der Waals surface area contributed by atoms with Crippen LogP contribution in [0.15, 0.2) is 42.5 Å². The van der Waals surface area contributed by atoms with Crippen LogP contribution in [0.1, 0.15) is 30.9 Å². The molecule has 31 heavy (non-hydrogen) atoms. The Hall–Kier alpha value is -1.80. The van der Waals surface area contributed by atoms with Gasteiger partial charge in [-0.15, -0.1) is 0 Å². The van der Waals surface area contributed by atoms with Gasteiger partial charge in [-0.3, -0.25) is 4.79 Å². The van der Waals surface area contributed by atoms with E-state index in [2.05, 4.69) is 5.32 Å². The van der Waals surface area contributed by atoms with E-state index in [1.54, 1.807) is 18.2 Å². The molecular weight excluding hydrogens is 459 g/mol. The van der Waals surface area contributed by atoms with E-state index in [0.717, 1.165) is 11.3 Å². The molecule has 0 radical (unpaired) electrons. The molecule has 0 bridgehead atoms. The minimum Gasteiger partial charge on any atom is -0.494 e. The van der Waals surface area contributed by atoms with Gasteiger partial charge in [0.25, 0.3) is 0 Å². The number of rotatable bonds is 8. The summed E-state index contributed by atoms with van der Waals surface area (Å²) in [6.07, 6.45) is 1.29. The van der Waals surface area contributed by atoms with Crippen molar-refractivity contribution in [3.05, 3.63) is 63.6 Å². The van der Waals surface area contributed by atoms with Crippen LogP contribution in [-0.2, 0) is 27.1 Å². The molecule has 0 spiro atoms. The van der Waals surface area contributed by atoms with Gasteiger partial charge < -0.3 is 10.1 Å². The molecule has 2 aromatic carbocycles. The number of halogens is 2. The Kier molecular flexibility index (Phi) is 8.22. The first-order chi connectivity index (χ1) is 14.8. The van der Waals surface area contributed by atoms with Gasteiger partial charge in [0.05, 0.1) is 28.3 Å². The number of piperidine rings is 1. The number of carbonyl (C=O) groups excluding carboxylic acids is 1. The highest BCUT2D eigenvalue weighted by molar-refractivity contribution is 7.88. The summed E-state index contributed by atoms with van der Waals surface area (Å²) in [5, 5.41) is 3.62. The molecule has 1 aliphatic rings. The van der Waals surface area contributed by atoms with Crippen molar-refractivity contribution in [3.8, 4) is 5.75 Å². The number of amides is 1. The number of benzene rings is 2. The van der Waals surface area contributed by atoms with E-state index in [-0.39, 0.29) is 24.1 Å². The maximum absolute atomic E-state index is 12.9. The van der Waals surface area contributed by atoms with Crippen molar-refractivity contribution >= 4 is 39.1 Å². The van der Waals surface area contributed by atoms with E-state index >= 15 is 0 Å². The first kappa shape index (κ1) is 23.9. The van der Waals surface area contributed by atoms with E-state index in [9.17, 15) is 13.2 Å². The molecule has 0 saturated carbocycles. The van der Waals surface area contributed by atoms with Crippen LogP contribution >= 0.6 is 23.2 Å². The predicted molar refractivity (Wildman–Crippen MR) is 123 cm³/mol. The molecule has 1 atom stereocenters. The molecule has 168 valence electrons. The van der Waals surface area contributed by atoms with Crippen LogP contribution in [0, 0.1) is 5.92 Å². The summed E-state index contributed by atoms with van der Waals surface area (Å²) < 4.78 is 32.7. The summed E-state index contributed by atoms with van der Waals surface area (Å²) >= 11 is 11.9. The molecule has 1 amide bonds. The molecule has 2 aromatic rings. The smallest absolute Gasteiger partial charge is 0.224 e. The van der Waals surface area contributed by atoms with Gasteiger partial charge >= 0.3 is 0 Å². The minimum absolute atomic E-state index is 0.142. The number of nitrogens with one attached hydrogen (secondary N) is 1. The van der Waals surface area contributed by atoms with Gasteiger partial charge in [0.15, 0.2) is 0 Å². The molecular formula is C22H26Cl2N2O4S. The lowest BCUT2D eigenvalue weighted by molar-refractivity contribution is -0.126. The molecule has 0 aliphatic carbocycles. The van der Waals surface area contributed by atoms with Crippen LogP contribution in [0.4, 0.5) is 0 Å². The third kappa shape index (κ3) is 6.59. The molecule has 3 rings (SSSR count). The van der Waals surface area contributed by atoms with Crippen molar-refractivity contribution in [1.82, 2.24) is 9.62 Å². The molecule has 1 N–H and O–H groups in total. The van der Waals surface area contributed by atoms with Crippen LogP contribution in [0.5, 0.6) is 5.75 Å². The predicted octanol–water partition coefficient (Wildman–Crippen LogP) is 4.25. The second-order valence-electron chi connectivity index (χ2n) is 7.50. The van der Waals surface area contributed by atoms with Crippen molar-refractivity contribution in [2.45, 2.75) is 32.1 Å². The van der Waals surface area contributed by atoms with Crippen LogP contribution in [0.25, 0.3) is 0 Å². The Bertz CT molecular complexity index is 1030. The Morgan fingerprint density at radius 1 is 1.16 bits per heavy atom. The highest BCUT2D eigenvalue weighted by Crippen LogP contribution is 2.26. The molecule has 9 heteroatoms. The Balaban J connectivity index is 1.59. The van der Waals surface area contributed by atoms with E-state index in [0.29, 0.717) is 48.1 Å². The van der Waals surface area contributed by atoms with Crippen molar-refractivity contribution in [2.24, 2.45) is 5.92 Å². The third-order valence-corrected chi connectivity index (χ3v) is 7.71. The Labute approximate surface area is 193 Å². The fraction of sp³-hybridized carbons (Fsp3) is 0.409. The van der Waals surface area contributed by atoms with Crippen molar-refractivity contribution in [2.75, 3.05) is 19.7 Å². The quantitative estimate of drug-likeness (QED) is 0.607. The van der Waals surface area contributed by atoms with E-state index in [1.165, 1.54) is 4.31 Å². The summed E-state index contributed by atoms with van der Waals surface area (Å²) in [6.45, 7) is 3.44. The van der Waals surface area contributed by atoms with Gasteiger partial charge in [-0.2, -0.15) is 0 Å². The van der Waals surface area contributed by atoms with E-state index in [1.807, 2.05) is 31.2 Å². The third-order valence-electron chi connectivity index (χ3n) is 5.16. The summed E-state index contributed by atoms with van der Waals surface area (Å²) in [5.41, 5.74) is 1.49. The average Bonchev–Trinajstić information content (AvgIpc) is 2.75. The number of sulfonamides is 1. The fourth-order valence-corrected chi connectivity index (χ4v) is 5.50. The van der Waals surface area contributed by atoms with Crippen LogP contribution < -0.4 is 10.1 Å². The second-order valence-corrected chi connectivity index (χ2v) is 10.3. The van der Waals surface area contributed by atoms with Crippen molar-refractivity contribution in [3.63, 3.8) is 0 Å².